The molecule has 0 bridgehead atoms. The van der Waals surface area contributed by atoms with E-state index in [2.05, 4.69) is 25.4 Å². The lowest BCUT2D eigenvalue weighted by molar-refractivity contribution is 0.0942. The molecular weight excluding hydrogens is 356 g/mol. The van der Waals surface area contributed by atoms with Crippen molar-refractivity contribution in [2.24, 2.45) is 13.0 Å². The van der Waals surface area contributed by atoms with Crippen LogP contribution in [0.15, 0.2) is 59.8 Å². The van der Waals surface area contributed by atoms with Crippen LogP contribution in [0.2, 0.25) is 0 Å². The molecule has 1 fully saturated rings. The zero-order chi connectivity index (χ0) is 19.5. The van der Waals surface area contributed by atoms with Crippen molar-refractivity contribution in [2.75, 3.05) is 24.5 Å². The van der Waals surface area contributed by atoms with Gasteiger partial charge in [0.05, 0.1) is 5.69 Å². The van der Waals surface area contributed by atoms with E-state index in [1.54, 1.807) is 37.8 Å². The van der Waals surface area contributed by atoms with Crippen LogP contribution in [0.25, 0.3) is 11.3 Å². The summed E-state index contributed by atoms with van der Waals surface area (Å²) in [4.78, 5) is 30.3. The number of anilines is 1. The molecule has 3 aromatic rings. The highest BCUT2D eigenvalue weighted by Crippen LogP contribution is 2.23. The summed E-state index contributed by atoms with van der Waals surface area (Å²) in [6.45, 7) is 2.10. The van der Waals surface area contributed by atoms with Gasteiger partial charge in [0, 0.05) is 56.8 Å². The summed E-state index contributed by atoms with van der Waals surface area (Å²) in [5.41, 5.74) is 1.66. The molecule has 1 aliphatic rings. The number of carbonyl (C=O) groups excluding carboxylic acids is 1. The maximum absolute atomic E-state index is 12.2. The van der Waals surface area contributed by atoms with E-state index in [1.807, 2.05) is 24.3 Å². The fourth-order valence-electron chi connectivity index (χ4n) is 3.16. The number of carbonyl (C=O) groups is 1. The number of rotatable bonds is 5. The number of pyridine rings is 2. The number of amides is 1. The van der Waals surface area contributed by atoms with E-state index in [0.717, 1.165) is 30.2 Å². The quantitative estimate of drug-likeness (QED) is 0.717. The Bertz CT molecular complexity index is 1030. The first kappa shape index (κ1) is 17.8. The average molecular weight is 376 g/mol. The van der Waals surface area contributed by atoms with E-state index in [0.29, 0.717) is 12.5 Å². The smallest absolute Gasteiger partial charge is 0.263 e. The molecule has 142 valence electrons. The van der Waals surface area contributed by atoms with Crippen molar-refractivity contribution in [1.82, 2.24) is 25.1 Å². The van der Waals surface area contributed by atoms with Gasteiger partial charge in [0.25, 0.3) is 11.5 Å². The standard InChI is InChI=1S/C20H20N6O2/c1-25-10-2-3-16(20(25)28)19(27)22-11-14-12-26(13-14)18-5-4-17(23-24-18)15-6-8-21-9-7-15/h2-10,14H,11-13H2,1H3,(H,22,27). The SMILES string of the molecule is Cn1cccc(C(=O)NCC2CN(c3ccc(-c4ccncc4)nn3)C2)c1=O. The van der Waals surface area contributed by atoms with Crippen molar-refractivity contribution < 1.29 is 4.79 Å². The number of hydrogen-bond donors (Lipinski definition) is 1. The molecule has 3 aromatic heterocycles. The molecule has 1 N–H and O–H groups in total. The molecule has 0 spiro atoms. The predicted octanol–water partition coefficient (Wildman–Crippen LogP) is 1.10. The fraction of sp³-hybridized carbons (Fsp3) is 0.250. The molecule has 8 nitrogen and oxygen atoms in total. The maximum Gasteiger partial charge on any atom is 0.263 e. The molecule has 4 rings (SSSR count). The van der Waals surface area contributed by atoms with Gasteiger partial charge >= 0.3 is 0 Å². The van der Waals surface area contributed by atoms with Gasteiger partial charge in [-0.05, 0) is 36.4 Å². The van der Waals surface area contributed by atoms with Crippen LogP contribution in [-0.2, 0) is 7.05 Å². The first-order valence-electron chi connectivity index (χ1n) is 9.05. The van der Waals surface area contributed by atoms with Gasteiger partial charge in [0.1, 0.15) is 5.56 Å². The van der Waals surface area contributed by atoms with Crippen LogP contribution >= 0.6 is 0 Å². The Morgan fingerprint density at radius 3 is 2.64 bits per heavy atom. The van der Waals surface area contributed by atoms with Crippen LogP contribution < -0.4 is 15.8 Å². The molecule has 0 unspecified atom stereocenters. The Morgan fingerprint density at radius 1 is 1.14 bits per heavy atom. The van der Waals surface area contributed by atoms with Crippen molar-refractivity contribution in [3.63, 3.8) is 0 Å². The van der Waals surface area contributed by atoms with E-state index in [-0.39, 0.29) is 17.0 Å². The first-order chi connectivity index (χ1) is 13.6. The minimum atomic E-state index is -0.332. The lowest BCUT2D eigenvalue weighted by Crippen LogP contribution is -2.52. The van der Waals surface area contributed by atoms with E-state index in [9.17, 15) is 9.59 Å². The molecule has 0 aliphatic carbocycles. The number of nitrogens with one attached hydrogen (secondary N) is 1. The molecule has 28 heavy (non-hydrogen) atoms. The Kier molecular flexibility index (Phi) is 4.84. The fourth-order valence-corrected chi connectivity index (χ4v) is 3.16. The Balaban J connectivity index is 1.29. The first-order valence-corrected chi connectivity index (χ1v) is 9.05. The molecule has 4 heterocycles. The zero-order valence-electron chi connectivity index (χ0n) is 15.4. The van der Waals surface area contributed by atoms with Crippen LogP contribution in [0, 0.1) is 5.92 Å². The van der Waals surface area contributed by atoms with E-state index in [1.165, 1.54) is 4.57 Å². The van der Waals surface area contributed by atoms with Crippen LogP contribution in [0.3, 0.4) is 0 Å². The molecule has 0 atom stereocenters. The second-order valence-corrected chi connectivity index (χ2v) is 6.83. The summed E-state index contributed by atoms with van der Waals surface area (Å²) in [6, 6.07) is 10.9. The normalized spacial score (nSPS) is 13.8. The number of nitrogens with zero attached hydrogens (tertiary/aromatic N) is 5. The molecule has 1 aliphatic heterocycles. The van der Waals surface area contributed by atoms with Gasteiger partial charge in [-0.1, -0.05) is 0 Å². The lowest BCUT2D eigenvalue weighted by atomic mass is 10.00. The van der Waals surface area contributed by atoms with Gasteiger partial charge in [0.2, 0.25) is 0 Å². The molecule has 1 amide bonds. The van der Waals surface area contributed by atoms with Crippen molar-refractivity contribution in [1.29, 1.82) is 0 Å². The van der Waals surface area contributed by atoms with Gasteiger partial charge in [-0.2, -0.15) is 0 Å². The van der Waals surface area contributed by atoms with Crippen molar-refractivity contribution in [2.45, 2.75) is 0 Å². The highest BCUT2D eigenvalue weighted by molar-refractivity contribution is 5.93. The summed E-state index contributed by atoms with van der Waals surface area (Å²) in [5, 5.41) is 11.4. The Hall–Kier alpha value is -3.55. The minimum Gasteiger partial charge on any atom is -0.354 e. The third kappa shape index (κ3) is 3.62. The highest BCUT2D eigenvalue weighted by Gasteiger charge is 2.28. The van der Waals surface area contributed by atoms with Gasteiger partial charge in [-0.25, -0.2) is 0 Å². The molecule has 0 saturated carbocycles. The summed E-state index contributed by atoms with van der Waals surface area (Å²) in [6.07, 6.45) is 5.08. The third-order valence-electron chi connectivity index (χ3n) is 4.83. The average Bonchev–Trinajstić information content (AvgIpc) is 2.70. The topological polar surface area (TPSA) is 93.0 Å². The molecule has 0 aromatic carbocycles. The van der Waals surface area contributed by atoms with E-state index < -0.39 is 0 Å². The van der Waals surface area contributed by atoms with Gasteiger partial charge in [-0.3, -0.25) is 14.6 Å². The largest absolute Gasteiger partial charge is 0.354 e. The molecule has 0 radical (unpaired) electrons. The van der Waals surface area contributed by atoms with Crippen LogP contribution in [0.5, 0.6) is 0 Å². The van der Waals surface area contributed by atoms with Crippen molar-refractivity contribution in [3.8, 4) is 11.3 Å². The minimum absolute atomic E-state index is 0.166. The Labute approximate surface area is 161 Å². The zero-order valence-corrected chi connectivity index (χ0v) is 15.4. The monoisotopic (exact) mass is 376 g/mol. The van der Waals surface area contributed by atoms with Crippen molar-refractivity contribution >= 4 is 11.7 Å². The van der Waals surface area contributed by atoms with Gasteiger partial charge in [-0.15, -0.1) is 10.2 Å². The predicted molar refractivity (Wildman–Crippen MR) is 105 cm³/mol. The van der Waals surface area contributed by atoms with E-state index >= 15 is 0 Å². The maximum atomic E-state index is 12.2. The Morgan fingerprint density at radius 2 is 1.93 bits per heavy atom. The highest BCUT2D eigenvalue weighted by atomic mass is 16.2. The van der Waals surface area contributed by atoms with Gasteiger partial charge < -0.3 is 14.8 Å². The van der Waals surface area contributed by atoms with Crippen LogP contribution in [-0.4, -0.2) is 45.3 Å². The van der Waals surface area contributed by atoms with Gasteiger partial charge in [0.15, 0.2) is 5.82 Å². The summed E-state index contributed by atoms with van der Waals surface area (Å²) in [5.74, 6) is 0.802. The molecule has 8 heteroatoms. The number of aryl methyl sites for hydroxylation is 1. The lowest BCUT2D eigenvalue weighted by Gasteiger charge is -2.39. The number of hydrogen-bond acceptors (Lipinski definition) is 6. The molecular formula is C20H20N6O2. The second-order valence-electron chi connectivity index (χ2n) is 6.83. The second kappa shape index (κ2) is 7.59. The third-order valence-corrected chi connectivity index (χ3v) is 4.83. The van der Waals surface area contributed by atoms with E-state index in [4.69, 9.17) is 0 Å². The van der Waals surface area contributed by atoms with Crippen LogP contribution in [0.1, 0.15) is 10.4 Å². The summed E-state index contributed by atoms with van der Waals surface area (Å²) in [7, 11) is 1.63. The van der Waals surface area contributed by atoms with Crippen LogP contribution in [0.4, 0.5) is 5.82 Å². The summed E-state index contributed by atoms with van der Waals surface area (Å²) >= 11 is 0. The van der Waals surface area contributed by atoms with Crippen molar-refractivity contribution in [3.05, 3.63) is 70.9 Å². The number of aromatic nitrogens is 4. The summed E-state index contributed by atoms with van der Waals surface area (Å²) < 4.78 is 1.40. The molecule has 1 saturated heterocycles.